The van der Waals surface area contributed by atoms with Crippen LogP contribution in [-0.4, -0.2) is 18.4 Å². The van der Waals surface area contributed by atoms with Crippen LogP contribution in [0.2, 0.25) is 0 Å². The first-order valence-corrected chi connectivity index (χ1v) is 13.4. The van der Waals surface area contributed by atoms with Gasteiger partial charge in [0.15, 0.2) is 5.43 Å². The Morgan fingerprint density at radius 1 is 1.05 bits per heavy atom. The summed E-state index contributed by atoms with van der Waals surface area (Å²) in [4.78, 5) is 13.2. The Balaban J connectivity index is 1.38. The number of nitrogens with zero attached hydrogens (tertiary/aromatic N) is 1. The Morgan fingerprint density at radius 3 is 2.71 bits per heavy atom. The molecule has 6 nitrogen and oxygen atoms in total. The van der Waals surface area contributed by atoms with Crippen LogP contribution < -0.4 is 16.2 Å². The fraction of sp³-hybridized carbons (Fsp3) is 0.290. The molecule has 38 heavy (non-hydrogen) atoms. The van der Waals surface area contributed by atoms with E-state index < -0.39 is 7.12 Å². The second-order valence-electron chi connectivity index (χ2n) is 10.5. The zero-order valence-electron chi connectivity index (χ0n) is 21.7. The largest absolute Gasteiger partial charge is 0.583 e. The van der Waals surface area contributed by atoms with Crippen LogP contribution >= 0.6 is 0 Å². The lowest BCUT2D eigenvalue weighted by Crippen LogP contribution is -2.37. The van der Waals surface area contributed by atoms with Crippen LogP contribution in [0.3, 0.4) is 0 Å². The standard InChI is InChI=1S/C31H31BN2O4/c1-19-14-25(31-26(15-19)29(35)17-30(37-31)21-8-4-3-5-9-21)20(2)34-28-11-7-6-10-24(28)22-12-13-27-23(16-22)18-33-38-32(27)36/h6-7,10-18,20-21,34,36H,3-5,8-9H2,1-2H3/t20-/m1/s1. The summed E-state index contributed by atoms with van der Waals surface area (Å²) in [7, 11) is -1.06. The van der Waals surface area contributed by atoms with Crippen LogP contribution in [-0.2, 0) is 4.76 Å². The van der Waals surface area contributed by atoms with Crippen molar-refractivity contribution in [1.29, 1.82) is 0 Å². The quantitative estimate of drug-likeness (QED) is 0.323. The first-order valence-electron chi connectivity index (χ1n) is 13.4. The molecule has 1 aliphatic carbocycles. The Kier molecular flexibility index (Phi) is 6.54. The van der Waals surface area contributed by atoms with Gasteiger partial charge in [-0.05, 0) is 61.6 Å². The van der Waals surface area contributed by atoms with E-state index in [-0.39, 0.29) is 11.5 Å². The maximum absolute atomic E-state index is 13.2. The van der Waals surface area contributed by atoms with Gasteiger partial charge in [0.2, 0.25) is 0 Å². The van der Waals surface area contributed by atoms with Crippen molar-refractivity contribution < 1.29 is 14.2 Å². The number of oxime groups is 1. The highest BCUT2D eigenvalue weighted by molar-refractivity contribution is 6.62. The lowest BCUT2D eigenvalue weighted by atomic mass is 9.75. The number of benzene rings is 3. The molecule has 1 saturated carbocycles. The number of rotatable bonds is 5. The zero-order valence-corrected chi connectivity index (χ0v) is 21.7. The van der Waals surface area contributed by atoms with E-state index in [4.69, 9.17) is 9.17 Å². The summed E-state index contributed by atoms with van der Waals surface area (Å²) in [6, 6.07) is 19.7. The van der Waals surface area contributed by atoms with Crippen molar-refractivity contribution in [2.75, 3.05) is 5.32 Å². The third kappa shape index (κ3) is 4.63. The molecule has 3 aromatic carbocycles. The minimum Gasteiger partial charge on any atom is -0.460 e. The smallest absolute Gasteiger partial charge is 0.460 e. The predicted octanol–water partition coefficient (Wildman–Crippen LogP) is 6.04. The van der Waals surface area contributed by atoms with Crippen LogP contribution in [0.4, 0.5) is 5.69 Å². The van der Waals surface area contributed by atoms with Crippen molar-refractivity contribution >= 4 is 35.5 Å². The van der Waals surface area contributed by atoms with Gasteiger partial charge in [0, 0.05) is 34.3 Å². The minimum atomic E-state index is -1.06. The van der Waals surface area contributed by atoms with Crippen LogP contribution in [0.25, 0.3) is 22.1 Å². The van der Waals surface area contributed by atoms with E-state index in [1.165, 1.54) is 19.3 Å². The van der Waals surface area contributed by atoms with Gasteiger partial charge >= 0.3 is 7.12 Å². The lowest BCUT2D eigenvalue weighted by molar-refractivity contribution is 0.286. The number of hydrogen-bond donors (Lipinski definition) is 2. The fourth-order valence-electron chi connectivity index (χ4n) is 5.81. The van der Waals surface area contributed by atoms with Crippen molar-refractivity contribution in [3.63, 3.8) is 0 Å². The molecule has 2 N–H and O–H groups in total. The highest BCUT2D eigenvalue weighted by Gasteiger charge is 2.26. The van der Waals surface area contributed by atoms with Crippen molar-refractivity contribution in [2.24, 2.45) is 5.16 Å². The molecular formula is C31H31BN2O4. The van der Waals surface area contributed by atoms with E-state index in [1.807, 2.05) is 43.3 Å². The van der Waals surface area contributed by atoms with Gasteiger partial charge < -0.3 is 19.5 Å². The van der Waals surface area contributed by atoms with Crippen molar-refractivity contribution in [2.45, 2.75) is 57.9 Å². The molecule has 6 rings (SSSR count). The van der Waals surface area contributed by atoms with E-state index in [0.29, 0.717) is 22.3 Å². The summed E-state index contributed by atoms with van der Waals surface area (Å²) in [6.45, 7) is 4.12. The monoisotopic (exact) mass is 506 g/mol. The Bertz CT molecular complexity index is 1590. The summed E-state index contributed by atoms with van der Waals surface area (Å²) in [5, 5.41) is 18.2. The predicted molar refractivity (Wildman–Crippen MR) is 153 cm³/mol. The maximum Gasteiger partial charge on any atom is 0.583 e. The molecule has 192 valence electrons. The maximum atomic E-state index is 13.2. The number of anilines is 1. The highest BCUT2D eigenvalue weighted by Crippen LogP contribution is 2.36. The van der Waals surface area contributed by atoms with Crippen LogP contribution in [0, 0.1) is 6.92 Å². The molecule has 2 heterocycles. The van der Waals surface area contributed by atoms with Gasteiger partial charge in [0.05, 0.1) is 17.6 Å². The molecule has 0 amide bonds. The number of para-hydroxylation sites is 1. The molecule has 7 heteroatoms. The number of hydrogen-bond acceptors (Lipinski definition) is 6. The van der Waals surface area contributed by atoms with Gasteiger partial charge in [0.25, 0.3) is 0 Å². The lowest BCUT2D eigenvalue weighted by Gasteiger charge is -2.23. The molecule has 0 radical (unpaired) electrons. The van der Waals surface area contributed by atoms with Crippen molar-refractivity contribution in [3.05, 3.63) is 93.3 Å². The summed E-state index contributed by atoms with van der Waals surface area (Å²) >= 11 is 0. The van der Waals surface area contributed by atoms with Crippen LogP contribution in [0.1, 0.15) is 73.4 Å². The normalized spacial score (nSPS) is 16.2. The second kappa shape index (κ2) is 10.1. The van der Waals surface area contributed by atoms with Gasteiger partial charge in [-0.1, -0.05) is 55.7 Å². The van der Waals surface area contributed by atoms with E-state index in [0.717, 1.165) is 52.1 Å². The van der Waals surface area contributed by atoms with Gasteiger partial charge in [0.1, 0.15) is 11.3 Å². The topological polar surface area (TPSA) is 84.1 Å². The van der Waals surface area contributed by atoms with E-state index in [2.05, 4.69) is 35.6 Å². The Labute approximate surface area is 222 Å². The van der Waals surface area contributed by atoms with E-state index in [9.17, 15) is 9.82 Å². The average molecular weight is 506 g/mol. The van der Waals surface area contributed by atoms with E-state index >= 15 is 0 Å². The molecule has 1 aliphatic heterocycles. The third-order valence-electron chi connectivity index (χ3n) is 7.81. The molecule has 1 fully saturated rings. The molecule has 4 aromatic rings. The van der Waals surface area contributed by atoms with Gasteiger partial charge in [-0.2, -0.15) is 0 Å². The Hall–Kier alpha value is -3.84. The molecule has 0 bridgehead atoms. The summed E-state index contributed by atoms with van der Waals surface area (Å²) in [5.41, 5.74) is 7.22. The van der Waals surface area contributed by atoms with Gasteiger partial charge in [-0.15, -0.1) is 5.16 Å². The second-order valence-corrected chi connectivity index (χ2v) is 10.5. The highest BCUT2D eigenvalue weighted by atomic mass is 16.6. The molecule has 0 unspecified atom stereocenters. The summed E-state index contributed by atoms with van der Waals surface area (Å²) in [6.07, 6.45) is 7.39. The van der Waals surface area contributed by atoms with Gasteiger partial charge in [-0.25, -0.2) is 0 Å². The summed E-state index contributed by atoms with van der Waals surface area (Å²) < 4.78 is 11.5. The third-order valence-corrected chi connectivity index (χ3v) is 7.81. The van der Waals surface area contributed by atoms with Crippen molar-refractivity contribution in [3.8, 4) is 11.1 Å². The zero-order chi connectivity index (χ0) is 26.2. The number of aryl methyl sites for hydroxylation is 1. The van der Waals surface area contributed by atoms with Crippen LogP contribution in [0.5, 0.6) is 0 Å². The number of nitrogens with one attached hydrogen (secondary N) is 1. The van der Waals surface area contributed by atoms with E-state index in [1.54, 1.807) is 12.3 Å². The molecule has 0 saturated heterocycles. The average Bonchev–Trinajstić information content (AvgIpc) is 2.93. The first kappa shape index (κ1) is 24.5. The first-order chi connectivity index (χ1) is 18.5. The summed E-state index contributed by atoms with van der Waals surface area (Å²) in [5.74, 6) is 1.14. The fourth-order valence-corrected chi connectivity index (χ4v) is 5.81. The Morgan fingerprint density at radius 2 is 1.87 bits per heavy atom. The van der Waals surface area contributed by atoms with Crippen LogP contribution in [0.15, 0.2) is 75.0 Å². The minimum absolute atomic E-state index is 0.0336. The van der Waals surface area contributed by atoms with Gasteiger partial charge in [-0.3, -0.25) is 4.79 Å². The number of fused-ring (bicyclic) bond motifs is 2. The molecule has 1 aromatic heterocycles. The SMILES string of the molecule is Cc1cc([C@@H](C)Nc2ccccc2-c2ccc3c(c2)C=NOB3O)c2oc(C3CCCCC3)cc(=O)c2c1. The molecule has 1 atom stereocenters. The molecule has 2 aliphatic rings. The molecule has 0 spiro atoms. The molecular weight excluding hydrogens is 475 g/mol. The van der Waals surface area contributed by atoms with Crippen molar-refractivity contribution in [1.82, 2.24) is 0 Å².